The molecule has 0 atom stereocenters. The summed E-state index contributed by atoms with van der Waals surface area (Å²) in [5, 5.41) is 3.17. The second kappa shape index (κ2) is 5.69. The van der Waals surface area contributed by atoms with Gasteiger partial charge >= 0.3 is 0 Å². The van der Waals surface area contributed by atoms with Gasteiger partial charge in [-0.05, 0) is 62.5 Å². The number of halogens is 1. The van der Waals surface area contributed by atoms with Crippen molar-refractivity contribution < 1.29 is 4.74 Å². The maximum atomic E-state index is 5.86. The van der Waals surface area contributed by atoms with Crippen molar-refractivity contribution in [1.82, 2.24) is 5.32 Å². The van der Waals surface area contributed by atoms with Crippen LogP contribution in [0.5, 0.6) is 5.75 Å². The van der Waals surface area contributed by atoms with E-state index in [1.165, 1.54) is 18.4 Å². The van der Waals surface area contributed by atoms with Crippen molar-refractivity contribution in [2.45, 2.75) is 19.3 Å². The minimum atomic E-state index is 0.806. The summed E-state index contributed by atoms with van der Waals surface area (Å²) >= 11 is 3.50. The zero-order chi connectivity index (χ0) is 11.4. The quantitative estimate of drug-likeness (QED) is 0.867. The van der Waals surface area contributed by atoms with E-state index in [0.717, 1.165) is 35.7 Å². The zero-order valence-electron chi connectivity index (χ0n) is 9.63. The van der Waals surface area contributed by atoms with Crippen molar-refractivity contribution >= 4 is 15.9 Å². The highest BCUT2D eigenvalue weighted by molar-refractivity contribution is 9.10. The average Bonchev–Trinajstić information content (AvgIpc) is 3.09. The minimum Gasteiger partial charge on any atom is -0.493 e. The van der Waals surface area contributed by atoms with Crippen LogP contribution in [0.4, 0.5) is 0 Å². The molecule has 1 aliphatic carbocycles. The lowest BCUT2D eigenvalue weighted by Gasteiger charge is -2.11. The third-order valence-corrected chi connectivity index (χ3v) is 3.33. The van der Waals surface area contributed by atoms with Crippen LogP contribution in [0.1, 0.15) is 18.4 Å². The van der Waals surface area contributed by atoms with Crippen LogP contribution in [0.15, 0.2) is 22.7 Å². The molecule has 1 N–H and O–H groups in total. The number of hydrogen-bond donors (Lipinski definition) is 1. The first-order chi connectivity index (χ1) is 7.79. The van der Waals surface area contributed by atoms with Crippen molar-refractivity contribution in [3.05, 3.63) is 28.2 Å². The molecule has 0 bridgehead atoms. The Bertz CT molecular complexity index is 350. The van der Waals surface area contributed by atoms with Crippen LogP contribution < -0.4 is 10.1 Å². The van der Waals surface area contributed by atoms with E-state index in [1.54, 1.807) is 0 Å². The molecule has 0 radical (unpaired) electrons. The lowest BCUT2D eigenvalue weighted by Crippen LogP contribution is -2.11. The first kappa shape index (κ1) is 11.9. The van der Waals surface area contributed by atoms with Crippen LogP contribution >= 0.6 is 15.9 Å². The van der Waals surface area contributed by atoms with E-state index in [4.69, 9.17) is 4.74 Å². The molecule has 1 fully saturated rings. The van der Waals surface area contributed by atoms with Crippen LogP contribution in [0.25, 0.3) is 0 Å². The number of ether oxygens (including phenoxy) is 1. The third-order valence-electron chi connectivity index (χ3n) is 2.84. The smallest absolute Gasteiger partial charge is 0.122 e. The van der Waals surface area contributed by atoms with Gasteiger partial charge in [-0.2, -0.15) is 0 Å². The molecule has 88 valence electrons. The summed E-state index contributed by atoms with van der Waals surface area (Å²) in [6, 6.07) is 6.27. The number of nitrogens with one attached hydrogen (secondary N) is 1. The number of benzene rings is 1. The van der Waals surface area contributed by atoms with Crippen molar-refractivity contribution in [3.8, 4) is 5.75 Å². The molecule has 0 amide bonds. The minimum absolute atomic E-state index is 0.806. The first-order valence-corrected chi connectivity index (χ1v) is 6.64. The fraction of sp³-hybridized carbons (Fsp3) is 0.538. The summed E-state index contributed by atoms with van der Waals surface area (Å²) in [4.78, 5) is 0. The molecule has 16 heavy (non-hydrogen) atoms. The molecule has 1 aromatic carbocycles. The highest BCUT2D eigenvalue weighted by Crippen LogP contribution is 2.31. The van der Waals surface area contributed by atoms with Crippen LogP contribution in [-0.2, 0) is 6.42 Å². The van der Waals surface area contributed by atoms with Gasteiger partial charge in [-0.25, -0.2) is 0 Å². The van der Waals surface area contributed by atoms with Gasteiger partial charge < -0.3 is 10.1 Å². The SMILES string of the molecule is CNCCc1cc(Br)ccc1OCC1CC1. The Kier molecular flexibility index (Phi) is 4.24. The van der Waals surface area contributed by atoms with E-state index >= 15 is 0 Å². The second-order valence-corrected chi connectivity index (χ2v) is 5.28. The van der Waals surface area contributed by atoms with E-state index in [1.807, 2.05) is 13.1 Å². The van der Waals surface area contributed by atoms with Crippen molar-refractivity contribution in [1.29, 1.82) is 0 Å². The molecular formula is C13H18BrNO. The van der Waals surface area contributed by atoms with Gasteiger partial charge in [-0.3, -0.25) is 0 Å². The Labute approximate surface area is 106 Å². The van der Waals surface area contributed by atoms with Gasteiger partial charge in [0, 0.05) is 4.47 Å². The maximum absolute atomic E-state index is 5.86. The topological polar surface area (TPSA) is 21.3 Å². The van der Waals surface area contributed by atoms with Gasteiger partial charge in [0.15, 0.2) is 0 Å². The Morgan fingerprint density at radius 3 is 2.94 bits per heavy atom. The van der Waals surface area contributed by atoms with Gasteiger partial charge in [-0.15, -0.1) is 0 Å². The average molecular weight is 284 g/mol. The normalized spacial score (nSPS) is 15.1. The fourth-order valence-electron chi connectivity index (χ4n) is 1.64. The predicted octanol–water partition coefficient (Wildman–Crippen LogP) is 3.00. The van der Waals surface area contributed by atoms with Crippen molar-refractivity contribution in [2.24, 2.45) is 5.92 Å². The number of likely N-dealkylation sites (N-methyl/N-ethyl adjacent to an activating group) is 1. The highest BCUT2D eigenvalue weighted by atomic mass is 79.9. The lowest BCUT2D eigenvalue weighted by atomic mass is 10.1. The summed E-state index contributed by atoms with van der Waals surface area (Å²) in [6.45, 7) is 1.87. The summed E-state index contributed by atoms with van der Waals surface area (Å²) < 4.78 is 6.99. The molecule has 0 spiro atoms. The monoisotopic (exact) mass is 283 g/mol. The molecule has 0 saturated heterocycles. The van der Waals surface area contributed by atoms with Crippen LogP contribution in [-0.4, -0.2) is 20.2 Å². The van der Waals surface area contributed by atoms with Crippen LogP contribution in [0, 0.1) is 5.92 Å². The molecule has 2 rings (SSSR count). The van der Waals surface area contributed by atoms with E-state index in [-0.39, 0.29) is 0 Å². The van der Waals surface area contributed by atoms with E-state index < -0.39 is 0 Å². The Hall–Kier alpha value is -0.540. The Morgan fingerprint density at radius 1 is 1.44 bits per heavy atom. The molecule has 0 unspecified atom stereocenters. The number of rotatable bonds is 6. The van der Waals surface area contributed by atoms with Gasteiger partial charge in [-0.1, -0.05) is 15.9 Å². The summed E-state index contributed by atoms with van der Waals surface area (Å²) in [5.74, 6) is 1.85. The lowest BCUT2D eigenvalue weighted by molar-refractivity contribution is 0.296. The van der Waals surface area contributed by atoms with Crippen LogP contribution in [0.3, 0.4) is 0 Å². The second-order valence-electron chi connectivity index (χ2n) is 4.36. The van der Waals surface area contributed by atoms with E-state index in [2.05, 4.69) is 33.4 Å². The predicted molar refractivity (Wildman–Crippen MR) is 70.0 cm³/mol. The van der Waals surface area contributed by atoms with Crippen molar-refractivity contribution in [2.75, 3.05) is 20.2 Å². The molecular weight excluding hydrogens is 266 g/mol. The van der Waals surface area contributed by atoms with E-state index in [0.29, 0.717) is 0 Å². The van der Waals surface area contributed by atoms with Crippen molar-refractivity contribution in [3.63, 3.8) is 0 Å². The molecule has 0 heterocycles. The third kappa shape index (κ3) is 3.49. The summed E-state index contributed by atoms with van der Waals surface area (Å²) in [5.41, 5.74) is 1.28. The standard InChI is InChI=1S/C13H18BrNO/c1-15-7-6-11-8-12(14)4-5-13(11)16-9-10-2-3-10/h4-5,8,10,15H,2-3,6-7,9H2,1H3. The molecule has 0 aromatic heterocycles. The largest absolute Gasteiger partial charge is 0.493 e. The highest BCUT2D eigenvalue weighted by Gasteiger charge is 2.22. The molecule has 0 aliphatic heterocycles. The first-order valence-electron chi connectivity index (χ1n) is 5.85. The Balaban J connectivity index is 2.00. The van der Waals surface area contributed by atoms with Gasteiger partial charge in [0.2, 0.25) is 0 Å². The molecule has 1 saturated carbocycles. The fourth-order valence-corrected chi connectivity index (χ4v) is 2.04. The molecule has 3 heteroatoms. The van der Waals surface area contributed by atoms with E-state index in [9.17, 15) is 0 Å². The summed E-state index contributed by atoms with van der Waals surface area (Å²) in [7, 11) is 1.97. The van der Waals surface area contributed by atoms with Gasteiger partial charge in [0.25, 0.3) is 0 Å². The van der Waals surface area contributed by atoms with Crippen LogP contribution in [0.2, 0.25) is 0 Å². The maximum Gasteiger partial charge on any atom is 0.122 e. The molecule has 1 aromatic rings. The molecule has 2 nitrogen and oxygen atoms in total. The Morgan fingerprint density at radius 2 is 2.25 bits per heavy atom. The summed E-state index contributed by atoms with van der Waals surface area (Å²) in [6.07, 6.45) is 3.68. The van der Waals surface area contributed by atoms with Gasteiger partial charge in [0.05, 0.1) is 6.61 Å². The zero-order valence-corrected chi connectivity index (χ0v) is 11.2. The number of hydrogen-bond acceptors (Lipinski definition) is 2. The molecule has 1 aliphatic rings. The van der Waals surface area contributed by atoms with Gasteiger partial charge in [0.1, 0.15) is 5.75 Å².